The molecule has 0 aromatic heterocycles. The molecule has 0 bridgehead atoms. The van der Waals surface area contributed by atoms with E-state index in [0.717, 1.165) is 11.3 Å². The first-order valence-electron chi connectivity index (χ1n) is 3.83. The van der Waals surface area contributed by atoms with Gasteiger partial charge in [-0.1, -0.05) is 0 Å². The minimum Gasteiger partial charge on any atom is -0.480 e. The standard InChI is InChI=1S/C7H9NO4/c9-6(10)5-4-1-3(4)2-8(5)7(11)12/h3-5H,1-2H2,(H,9,10)(H,11,12)/t3-,4+,5?/m0/s1. The summed E-state index contributed by atoms with van der Waals surface area (Å²) in [6.45, 7) is 0.400. The molecule has 1 amide bonds. The molecule has 2 N–H and O–H groups in total. The second-order valence-electron chi connectivity index (χ2n) is 3.38. The number of fused-ring (bicyclic) bond motifs is 1. The van der Waals surface area contributed by atoms with Gasteiger partial charge in [0.05, 0.1) is 0 Å². The van der Waals surface area contributed by atoms with Crippen molar-refractivity contribution >= 4 is 12.1 Å². The van der Waals surface area contributed by atoms with E-state index in [1.807, 2.05) is 0 Å². The monoisotopic (exact) mass is 171 g/mol. The van der Waals surface area contributed by atoms with Gasteiger partial charge >= 0.3 is 12.1 Å². The second kappa shape index (κ2) is 2.12. The van der Waals surface area contributed by atoms with Crippen LogP contribution in [0.15, 0.2) is 0 Å². The summed E-state index contributed by atoms with van der Waals surface area (Å²) in [5.41, 5.74) is 0. The highest BCUT2D eigenvalue weighted by molar-refractivity contribution is 5.81. The zero-order valence-electron chi connectivity index (χ0n) is 6.30. The Kier molecular flexibility index (Phi) is 1.31. The number of nitrogens with zero attached hydrogens (tertiary/aromatic N) is 1. The summed E-state index contributed by atoms with van der Waals surface area (Å²) in [6.07, 6.45) is -0.240. The molecule has 1 unspecified atom stereocenters. The quantitative estimate of drug-likeness (QED) is 0.585. The minimum atomic E-state index is -1.12. The van der Waals surface area contributed by atoms with Crippen LogP contribution in [-0.2, 0) is 4.79 Å². The predicted molar refractivity (Wildman–Crippen MR) is 37.8 cm³/mol. The summed E-state index contributed by atoms with van der Waals surface area (Å²) in [7, 11) is 0. The fourth-order valence-electron chi connectivity index (χ4n) is 1.98. The van der Waals surface area contributed by atoms with Crippen molar-refractivity contribution in [2.45, 2.75) is 12.5 Å². The van der Waals surface area contributed by atoms with Gasteiger partial charge in [0.2, 0.25) is 0 Å². The number of carboxylic acid groups (broad SMARTS) is 2. The lowest BCUT2D eigenvalue weighted by molar-refractivity contribution is -0.142. The van der Waals surface area contributed by atoms with Gasteiger partial charge in [0.25, 0.3) is 0 Å². The number of hydrogen-bond acceptors (Lipinski definition) is 2. The first kappa shape index (κ1) is 7.39. The zero-order valence-corrected chi connectivity index (χ0v) is 6.30. The molecule has 12 heavy (non-hydrogen) atoms. The summed E-state index contributed by atoms with van der Waals surface area (Å²) in [6, 6.07) is -0.785. The second-order valence-corrected chi connectivity index (χ2v) is 3.38. The van der Waals surface area contributed by atoms with E-state index in [9.17, 15) is 9.59 Å². The average Bonchev–Trinajstić information content (AvgIpc) is 2.60. The highest BCUT2D eigenvalue weighted by Crippen LogP contribution is 2.49. The fourth-order valence-corrected chi connectivity index (χ4v) is 1.98. The van der Waals surface area contributed by atoms with Gasteiger partial charge in [0.15, 0.2) is 0 Å². The lowest BCUT2D eigenvalue weighted by atomic mass is 10.2. The van der Waals surface area contributed by atoms with Crippen molar-refractivity contribution in [2.75, 3.05) is 6.54 Å². The number of hydrogen-bond donors (Lipinski definition) is 2. The van der Waals surface area contributed by atoms with Gasteiger partial charge in [0.1, 0.15) is 6.04 Å². The van der Waals surface area contributed by atoms with Crippen LogP contribution in [0.5, 0.6) is 0 Å². The number of aliphatic carboxylic acids is 1. The molecular weight excluding hydrogens is 162 g/mol. The van der Waals surface area contributed by atoms with E-state index in [0.29, 0.717) is 12.5 Å². The molecule has 1 aliphatic heterocycles. The Hall–Kier alpha value is -1.26. The summed E-state index contributed by atoms with van der Waals surface area (Å²) >= 11 is 0. The molecule has 2 aliphatic rings. The van der Waals surface area contributed by atoms with Crippen LogP contribution in [-0.4, -0.2) is 39.8 Å². The number of likely N-dealkylation sites (tertiary alicyclic amines) is 1. The molecule has 0 aromatic carbocycles. The third kappa shape index (κ3) is 0.855. The normalized spacial score (nSPS) is 37.7. The molecule has 0 spiro atoms. The molecule has 5 nitrogen and oxygen atoms in total. The fraction of sp³-hybridized carbons (Fsp3) is 0.714. The van der Waals surface area contributed by atoms with E-state index in [-0.39, 0.29) is 5.92 Å². The topological polar surface area (TPSA) is 77.8 Å². The Balaban J connectivity index is 2.16. The number of amides is 1. The van der Waals surface area contributed by atoms with E-state index >= 15 is 0 Å². The van der Waals surface area contributed by atoms with Gasteiger partial charge in [-0.15, -0.1) is 0 Å². The summed E-state index contributed by atoms with van der Waals surface area (Å²) in [5.74, 6) is -0.622. The molecule has 0 radical (unpaired) electrons. The number of carboxylic acids is 1. The van der Waals surface area contributed by atoms with Crippen molar-refractivity contribution in [3.8, 4) is 0 Å². The molecule has 66 valence electrons. The highest BCUT2D eigenvalue weighted by Gasteiger charge is 2.57. The molecule has 2 rings (SSSR count). The maximum absolute atomic E-state index is 10.6. The van der Waals surface area contributed by atoms with Gasteiger partial charge < -0.3 is 10.2 Å². The van der Waals surface area contributed by atoms with Crippen LogP contribution in [0.3, 0.4) is 0 Å². The van der Waals surface area contributed by atoms with Gasteiger partial charge in [-0.25, -0.2) is 9.59 Å². The van der Waals surface area contributed by atoms with Crippen LogP contribution in [0.4, 0.5) is 4.79 Å². The largest absolute Gasteiger partial charge is 0.480 e. The third-order valence-electron chi connectivity index (χ3n) is 2.65. The van der Waals surface area contributed by atoms with Crippen molar-refractivity contribution in [1.82, 2.24) is 4.90 Å². The van der Waals surface area contributed by atoms with Crippen LogP contribution >= 0.6 is 0 Å². The molecule has 0 aromatic rings. The summed E-state index contributed by atoms with van der Waals surface area (Å²) in [5, 5.41) is 17.4. The van der Waals surface area contributed by atoms with Crippen molar-refractivity contribution in [3.05, 3.63) is 0 Å². The van der Waals surface area contributed by atoms with E-state index < -0.39 is 18.1 Å². The molecule has 2 fully saturated rings. The van der Waals surface area contributed by atoms with E-state index in [2.05, 4.69) is 0 Å². The van der Waals surface area contributed by atoms with E-state index in [1.165, 1.54) is 0 Å². The van der Waals surface area contributed by atoms with Crippen LogP contribution in [0.2, 0.25) is 0 Å². The molecule has 1 aliphatic carbocycles. The molecular formula is C7H9NO4. The average molecular weight is 171 g/mol. The van der Waals surface area contributed by atoms with Gasteiger partial charge in [-0.05, 0) is 18.3 Å². The van der Waals surface area contributed by atoms with E-state index in [1.54, 1.807) is 0 Å². The van der Waals surface area contributed by atoms with Crippen LogP contribution in [0.25, 0.3) is 0 Å². The van der Waals surface area contributed by atoms with Crippen molar-refractivity contribution < 1.29 is 19.8 Å². The van der Waals surface area contributed by atoms with Crippen LogP contribution in [0.1, 0.15) is 6.42 Å². The van der Waals surface area contributed by atoms with Crippen molar-refractivity contribution in [2.24, 2.45) is 11.8 Å². The van der Waals surface area contributed by atoms with Crippen molar-refractivity contribution in [1.29, 1.82) is 0 Å². The minimum absolute atomic E-state index is 0.0820. The molecule has 1 saturated carbocycles. The number of rotatable bonds is 1. The first-order valence-corrected chi connectivity index (χ1v) is 3.83. The predicted octanol–water partition coefficient (Wildman–Crippen LogP) is 0.0693. The molecule has 1 heterocycles. The number of carbonyl (C=O) groups is 2. The third-order valence-corrected chi connectivity index (χ3v) is 2.65. The van der Waals surface area contributed by atoms with Crippen LogP contribution in [0, 0.1) is 11.8 Å². The maximum Gasteiger partial charge on any atom is 0.408 e. The lowest BCUT2D eigenvalue weighted by Crippen LogP contribution is -2.42. The maximum atomic E-state index is 10.6. The first-order chi connectivity index (χ1) is 5.61. The van der Waals surface area contributed by atoms with Crippen LogP contribution < -0.4 is 0 Å². The Morgan fingerprint density at radius 1 is 1.33 bits per heavy atom. The molecule has 5 heteroatoms. The summed E-state index contributed by atoms with van der Waals surface area (Å²) in [4.78, 5) is 22.2. The molecule has 1 saturated heterocycles. The van der Waals surface area contributed by atoms with Crippen molar-refractivity contribution in [3.63, 3.8) is 0 Å². The Bertz CT molecular complexity index is 252. The van der Waals surface area contributed by atoms with Gasteiger partial charge in [0, 0.05) is 6.54 Å². The Morgan fingerprint density at radius 3 is 2.42 bits per heavy atom. The van der Waals surface area contributed by atoms with E-state index in [4.69, 9.17) is 10.2 Å². The number of piperidine rings is 1. The van der Waals surface area contributed by atoms with Gasteiger partial charge in [-0.3, -0.25) is 4.90 Å². The molecule has 3 atom stereocenters. The zero-order chi connectivity index (χ0) is 8.88. The van der Waals surface area contributed by atoms with Gasteiger partial charge in [-0.2, -0.15) is 0 Å². The Morgan fingerprint density at radius 2 is 2.00 bits per heavy atom. The highest BCUT2D eigenvalue weighted by atomic mass is 16.4. The Labute approximate surface area is 68.6 Å². The smallest absolute Gasteiger partial charge is 0.408 e. The SMILES string of the molecule is O=C(O)C1[C@@H]2C[C@H]2CN1C(=O)O. The lowest BCUT2D eigenvalue weighted by Gasteiger charge is -2.20. The summed E-state index contributed by atoms with van der Waals surface area (Å²) < 4.78 is 0.